The van der Waals surface area contributed by atoms with Gasteiger partial charge in [-0.3, -0.25) is 0 Å². The number of rotatable bonds is 4. The molecule has 1 heterocycles. The number of nitrogens with zero attached hydrogens (tertiary/aromatic N) is 3. The molecule has 0 fully saturated rings. The van der Waals surface area contributed by atoms with Gasteiger partial charge in [0.2, 0.25) is 0 Å². The molecule has 0 atom stereocenters. The lowest BCUT2D eigenvalue weighted by atomic mass is 10.3. The molecule has 0 amide bonds. The minimum atomic E-state index is -2.81. The van der Waals surface area contributed by atoms with Gasteiger partial charge in [0.25, 0.3) is 0 Å². The van der Waals surface area contributed by atoms with E-state index in [4.69, 9.17) is 0 Å². The van der Waals surface area contributed by atoms with Gasteiger partial charge in [0, 0.05) is 5.33 Å². The van der Waals surface area contributed by atoms with Gasteiger partial charge >= 0.3 is 6.61 Å². The highest BCUT2D eigenvalue weighted by Crippen LogP contribution is 2.17. The minimum absolute atomic E-state index is 0.115. The molecule has 7 heteroatoms. The van der Waals surface area contributed by atoms with E-state index in [1.807, 2.05) is 0 Å². The predicted octanol–water partition coefficient (Wildman–Crippen LogP) is 2.76. The van der Waals surface area contributed by atoms with E-state index < -0.39 is 6.61 Å². The zero-order chi connectivity index (χ0) is 12.3. The average Bonchev–Trinajstić information content (AvgIpc) is 2.78. The van der Waals surface area contributed by atoms with Crippen LogP contribution in [0.4, 0.5) is 8.78 Å². The van der Waals surface area contributed by atoms with Crippen LogP contribution < -0.4 is 4.74 Å². The van der Waals surface area contributed by atoms with Gasteiger partial charge in [0.15, 0.2) is 0 Å². The number of hydrogen-bond acceptors (Lipinski definition) is 3. The molecule has 0 saturated heterocycles. The molecule has 1 aromatic carbocycles. The third-order valence-corrected chi connectivity index (χ3v) is 2.58. The number of alkyl halides is 3. The molecule has 0 aliphatic rings. The lowest BCUT2D eigenvalue weighted by Gasteiger charge is -2.05. The quantitative estimate of drug-likeness (QED) is 0.816. The van der Waals surface area contributed by atoms with Crippen LogP contribution in [0.5, 0.6) is 5.75 Å². The standard InChI is InChI=1S/C10H8BrF2N3O/c11-5-7-6-16(15-14-7)8-1-3-9(4-2-8)17-10(12)13/h1-4,6,10H,5H2. The summed E-state index contributed by atoms with van der Waals surface area (Å²) in [5.74, 6) is 0.115. The summed E-state index contributed by atoms with van der Waals surface area (Å²) in [6.07, 6.45) is 1.75. The van der Waals surface area contributed by atoms with Gasteiger partial charge in [-0.2, -0.15) is 8.78 Å². The van der Waals surface area contributed by atoms with E-state index in [1.54, 1.807) is 23.0 Å². The van der Waals surface area contributed by atoms with Crippen molar-refractivity contribution in [2.45, 2.75) is 11.9 Å². The van der Waals surface area contributed by atoms with E-state index >= 15 is 0 Å². The first-order valence-corrected chi connectivity index (χ1v) is 5.83. The molecule has 0 N–H and O–H groups in total. The van der Waals surface area contributed by atoms with Gasteiger partial charge in [0.1, 0.15) is 5.75 Å². The van der Waals surface area contributed by atoms with Crippen molar-refractivity contribution < 1.29 is 13.5 Å². The van der Waals surface area contributed by atoms with Crippen LogP contribution in [0.2, 0.25) is 0 Å². The smallest absolute Gasteiger partial charge is 0.387 e. The second-order valence-corrected chi connectivity index (χ2v) is 3.72. The van der Waals surface area contributed by atoms with Crippen molar-refractivity contribution in [3.05, 3.63) is 36.2 Å². The first-order chi connectivity index (χ1) is 8.19. The molecule has 90 valence electrons. The van der Waals surface area contributed by atoms with Gasteiger partial charge in [0.05, 0.1) is 17.6 Å². The molecule has 17 heavy (non-hydrogen) atoms. The Hall–Kier alpha value is -1.50. The van der Waals surface area contributed by atoms with E-state index in [2.05, 4.69) is 31.0 Å². The Labute approximate surface area is 104 Å². The molecule has 2 aromatic rings. The van der Waals surface area contributed by atoms with Gasteiger partial charge in [-0.25, -0.2) is 4.68 Å². The molecule has 0 radical (unpaired) electrons. The molecule has 2 rings (SSSR count). The third kappa shape index (κ3) is 3.00. The van der Waals surface area contributed by atoms with Gasteiger partial charge in [-0.15, -0.1) is 5.10 Å². The molecule has 0 aliphatic carbocycles. The van der Waals surface area contributed by atoms with Crippen molar-refractivity contribution in [1.82, 2.24) is 15.0 Å². The Balaban J connectivity index is 2.17. The van der Waals surface area contributed by atoms with Crippen molar-refractivity contribution >= 4 is 15.9 Å². The molecule has 0 saturated carbocycles. The molecule has 0 unspecified atom stereocenters. The first-order valence-electron chi connectivity index (χ1n) is 4.71. The number of benzene rings is 1. The summed E-state index contributed by atoms with van der Waals surface area (Å²) in [5, 5.41) is 8.40. The average molecular weight is 304 g/mol. The minimum Gasteiger partial charge on any atom is -0.435 e. The Morgan fingerprint density at radius 2 is 2.00 bits per heavy atom. The molecule has 0 spiro atoms. The number of halogens is 3. The van der Waals surface area contributed by atoms with Crippen LogP contribution in [0.25, 0.3) is 5.69 Å². The zero-order valence-electron chi connectivity index (χ0n) is 8.55. The third-order valence-electron chi connectivity index (χ3n) is 2.00. The normalized spacial score (nSPS) is 10.8. The van der Waals surface area contributed by atoms with Crippen LogP contribution in [0.1, 0.15) is 5.69 Å². The van der Waals surface area contributed by atoms with Crippen LogP contribution in [0.3, 0.4) is 0 Å². The SMILES string of the molecule is FC(F)Oc1ccc(-n2cc(CBr)nn2)cc1. The monoisotopic (exact) mass is 303 g/mol. The topological polar surface area (TPSA) is 39.9 Å². The highest BCUT2D eigenvalue weighted by atomic mass is 79.9. The van der Waals surface area contributed by atoms with E-state index in [0.29, 0.717) is 5.33 Å². The fourth-order valence-electron chi connectivity index (χ4n) is 1.27. The Kier molecular flexibility index (Phi) is 3.68. The molecular formula is C10H8BrF2N3O. The maximum absolute atomic E-state index is 11.9. The second kappa shape index (κ2) is 5.22. The van der Waals surface area contributed by atoms with E-state index in [-0.39, 0.29) is 5.75 Å². The Morgan fingerprint density at radius 3 is 2.53 bits per heavy atom. The van der Waals surface area contributed by atoms with Crippen LogP contribution in [0, 0.1) is 0 Å². The fraction of sp³-hybridized carbons (Fsp3) is 0.200. The number of aromatic nitrogens is 3. The summed E-state index contributed by atoms with van der Waals surface area (Å²) in [5.41, 5.74) is 1.52. The lowest BCUT2D eigenvalue weighted by molar-refractivity contribution is -0.0498. The summed E-state index contributed by atoms with van der Waals surface area (Å²) in [7, 11) is 0. The molecule has 4 nitrogen and oxygen atoms in total. The van der Waals surface area contributed by atoms with Crippen LogP contribution in [-0.4, -0.2) is 21.6 Å². The molecule has 1 aromatic heterocycles. The Bertz CT molecular complexity index is 487. The zero-order valence-corrected chi connectivity index (χ0v) is 10.1. The summed E-state index contributed by atoms with van der Waals surface area (Å²) < 4.78 is 29.7. The van der Waals surface area contributed by atoms with Gasteiger partial charge in [-0.05, 0) is 24.3 Å². The first kappa shape index (κ1) is 12.0. The van der Waals surface area contributed by atoms with Crippen LogP contribution in [0.15, 0.2) is 30.5 Å². The van der Waals surface area contributed by atoms with Crippen molar-refractivity contribution in [3.8, 4) is 11.4 Å². The van der Waals surface area contributed by atoms with E-state index in [9.17, 15) is 8.78 Å². The largest absolute Gasteiger partial charge is 0.435 e. The van der Waals surface area contributed by atoms with Crippen molar-refractivity contribution in [3.63, 3.8) is 0 Å². The van der Waals surface area contributed by atoms with Gasteiger partial charge in [-0.1, -0.05) is 21.1 Å². The Morgan fingerprint density at radius 1 is 1.29 bits per heavy atom. The highest BCUT2D eigenvalue weighted by molar-refractivity contribution is 9.08. The summed E-state index contributed by atoms with van der Waals surface area (Å²) in [6, 6.07) is 6.17. The fourth-order valence-corrected chi connectivity index (χ4v) is 1.52. The van der Waals surface area contributed by atoms with Crippen molar-refractivity contribution in [1.29, 1.82) is 0 Å². The number of ether oxygens (including phenoxy) is 1. The molecule has 0 aliphatic heterocycles. The maximum Gasteiger partial charge on any atom is 0.387 e. The lowest BCUT2D eigenvalue weighted by Crippen LogP contribution is -2.02. The second-order valence-electron chi connectivity index (χ2n) is 3.16. The maximum atomic E-state index is 11.9. The summed E-state index contributed by atoms with van der Waals surface area (Å²) in [6.45, 7) is -2.81. The van der Waals surface area contributed by atoms with Crippen molar-refractivity contribution in [2.75, 3.05) is 0 Å². The van der Waals surface area contributed by atoms with Crippen molar-refractivity contribution in [2.24, 2.45) is 0 Å². The molecule has 0 bridgehead atoms. The van der Waals surface area contributed by atoms with E-state index in [1.165, 1.54) is 12.1 Å². The summed E-state index contributed by atoms with van der Waals surface area (Å²) >= 11 is 3.26. The van der Waals surface area contributed by atoms with Crippen LogP contribution >= 0.6 is 15.9 Å². The van der Waals surface area contributed by atoms with Gasteiger partial charge < -0.3 is 4.74 Å². The number of hydrogen-bond donors (Lipinski definition) is 0. The molecular weight excluding hydrogens is 296 g/mol. The highest BCUT2D eigenvalue weighted by Gasteiger charge is 2.05. The van der Waals surface area contributed by atoms with E-state index in [0.717, 1.165) is 11.4 Å². The summed E-state index contributed by atoms with van der Waals surface area (Å²) in [4.78, 5) is 0. The predicted molar refractivity (Wildman–Crippen MR) is 60.6 cm³/mol. The van der Waals surface area contributed by atoms with Crippen LogP contribution in [-0.2, 0) is 5.33 Å².